The highest BCUT2D eigenvalue weighted by atomic mass is 16.5. The number of likely N-dealkylation sites (N-methyl/N-ethyl adjacent to an activating group) is 1. The van der Waals surface area contributed by atoms with E-state index in [1.54, 1.807) is 7.11 Å². The van der Waals surface area contributed by atoms with E-state index in [9.17, 15) is 0 Å². The van der Waals surface area contributed by atoms with Gasteiger partial charge < -0.3 is 10.1 Å². The quantitative estimate of drug-likeness (QED) is 0.817. The van der Waals surface area contributed by atoms with Crippen LogP contribution in [-0.2, 0) is 6.42 Å². The Morgan fingerprint density at radius 1 is 1.18 bits per heavy atom. The van der Waals surface area contributed by atoms with Crippen LogP contribution in [0.5, 0.6) is 5.75 Å². The third kappa shape index (κ3) is 3.74. The Morgan fingerprint density at radius 2 is 1.76 bits per heavy atom. The predicted molar refractivity (Wildman–Crippen MR) is 73.9 cm³/mol. The number of hydrogen-bond donors (Lipinski definition) is 1. The molecule has 0 heterocycles. The Hall–Kier alpha value is -1.02. The Labute approximate surface area is 105 Å². The molecule has 2 heteroatoms. The molecule has 1 unspecified atom stereocenters. The van der Waals surface area contributed by atoms with Gasteiger partial charge in [-0.3, -0.25) is 0 Å². The van der Waals surface area contributed by atoms with Crippen LogP contribution >= 0.6 is 0 Å². The van der Waals surface area contributed by atoms with Crippen LogP contribution in [0.2, 0.25) is 0 Å². The minimum atomic E-state index is 0.575. The third-order valence-electron chi connectivity index (χ3n) is 3.34. The summed E-state index contributed by atoms with van der Waals surface area (Å²) in [7, 11) is 1.72. The van der Waals surface area contributed by atoms with E-state index in [0.717, 1.165) is 18.7 Å². The highest BCUT2D eigenvalue weighted by molar-refractivity contribution is 5.41. The standard InChI is InChI=1S/C15H25NO/c1-6-13(16-7-2)10-15-11(3)8-14(17-5)9-12(15)4/h8-9,13,16H,6-7,10H2,1-5H3. The summed E-state index contributed by atoms with van der Waals surface area (Å²) in [5.41, 5.74) is 4.12. The van der Waals surface area contributed by atoms with Crippen LogP contribution < -0.4 is 10.1 Å². The second-order valence-corrected chi connectivity index (χ2v) is 4.61. The summed E-state index contributed by atoms with van der Waals surface area (Å²) in [6, 6.07) is 4.83. The fourth-order valence-corrected chi connectivity index (χ4v) is 2.29. The molecule has 0 spiro atoms. The van der Waals surface area contributed by atoms with Gasteiger partial charge in [-0.05, 0) is 62.1 Å². The van der Waals surface area contributed by atoms with Crippen molar-refractivity contribution in [3.63, 3.8) is 0 Å². The number of methoxy groups -OCH3 is 1. The summed E-state index contributed by atoms with van der Waals surface area (Å²) in [5, 5.41) is 3.53. The predicted octanol–water partition coefficient (Wildman–Crippen LogP) is 3.24. The number of rotatable bonds is 6. The highest BCUT2D eigenvalue weighted by Crippen LogP contribution is 2.23. The molecule has 1 aromatic carbocycles. The first-order valence-corrected chi connectivity index (χ1v) is 6.49. The second kappa shape index (κ2) is 6.65. The van der Waals surface area contributed by atoms with Gasteiger partial charge in [0.25, 0.3) is 0 Å². The van der Waals surface area contributed by atoms with Crippen molar-refractivity contribution >= 4 is 0 Å². The molecule has 0 saturated heterocycles. The van der Waals surface area contributed by atoms with Crippen molar-refractivity contribution in [3.8, 4) is 5.75 Å². The largest absolute Gasteiger partial charge is 0.497 e. The van der Waals surface area contributed by atoms with Crippen molar-refractivity contribution in [2.24, 2.45) is 0 Å². The molecule has 0 aliphatic heterocycles. The van der Waals surface area contributed by atoms with Crippen LogP contribution in [0.4, 0.5) is 0 Å². The van der Waals surface area contributed by atoms with Crippen molar-refractivity contribution in [2.45, 2.75) is 46.6 Å². The van der Waals surface area contributed by atoms with Crippen molar-refractivity contribution in [2.75, 3.05) is 13.7 Å². The van der Waals surface area contributed by atoms with Gasteiger partial charge in [-0.15, -0.1) is 0 Å². The number of nitrogens with one attached hydrogen (secondary N) is 1. The van der Waals surface area contributed by atoms with Crippen LogP contribution in [0.25, 0.3) is 0 Å². The van der Waals surface area contributed by atoms with Gasteiger partial charge in [-0.25, -0.2) is 0 Å². The average molecular weight is 235 g/mol. The zero-order chi connectivity index (χ0) is 12.8. The van der Waals surface area contributed by atoms with E-state index >= 15 is 0 Å². The molecule has 2 nitrogen and oxygen atoms in total. The lowest BCUT2D eigenvalue weighted by Crippen LogP contribution is -2.30. The smallest absolute Gasteiger partial charge is 0.119 e. The number of ether oxygens (including phenoxy) is 1. The molecular weight excluding hydrogens is 210 g/mol. The van der Waals surface area contributed by atoms with Crippen LogP contribution in [0.1, 0.15) is 37.0 Å². The first-order valence-electron chi connectivity index (χ1n) is 6.49. The summed E-state index contributed by atoms with van der Waals surface area (Å²) in [4.78, 5) is 0. The average Bonchev–Trinajstić information content (AvgIpc) is 2.31. The molecule has 1 atom stereocenters. The van der Waals surface area contributed by atoms with E-state index in [4.69, 9.17) is 4.74 Å². The van der Waals surface area contributed by atoms with Gasteiger partial charge in [0.2, 0.25) is 0 Å². The SMILES string of the molecule is CCNC(CC)Cc1c(C)cc(OC)cc1C. The van der Waals surface area contributed by atoms with Crippen LogP contribution in [0.15, 0.2) is 12.1 Å². The Balaban J connectivity index is 2.90. The normalized spacial score (nSPS) is 12.5. The summed E-state index contributed by atoms with van der Waals surface area (Å²) in [6.07, 6.45) is 2.27. The molecule has 1 N–H and O–H groups in total. The Morgan fingerprint density at radius 3 is 2.18 bits per heavy atom. The molecule has 0 saturated carbocycles. The van der Waals surface area contributed by atoms with Crippen molar-refractivity contribution in [1.82, 2.24) is 5.32 Å². The van der Waals surface area contributed by atoms with Crippen molar-refractivity contribution in [3.05, 3.63) is 28.8 Å². The van der Waals surface area contributed by atoms with Gasteiger partial charge in [0, 0.05) is 6.04 Å². The van der Waals surface area contributed by atoms with E-state index < -0.39 is 0 Å². The Kier molecular flexibility index (Phi) is 5.49. The van der Waals surface area contributed by atoms with E-state index in [1.807, 2.05) is 0 Å². The number of hydrogen-bond acceptors (Lipinski definition) is 2. The minimum absolute atomic E-state index is 0.575. The summed E-state index contributed by atoms with van der Waals surface area (Å²) in [5.74, 6) is 0.959. The molecule has 17 heavy (non-hydrogen) atoms. The Bertz CT molecular complexity index is 337. The zero-order valence-electron chi connectivity index (χ0n) is 11.8. The van der Waals surface area contributed by atoms with E-state index in [-0.39, 0.29) is 0 Å². The van der Waals surface area contributed by atoms with Crippen LogP contribution in [0, 0.1) is 13.8 Å². The first kappa shape index (κ1) is 14.0. The topological polar surface area (TPSA) is 21.3 Å². The lowest BCUT2D eigenvalue weighted by molar-refractivity contribution is 0.413. The maximum atomic E-state index is 5.29. The van der Waals surface area contributed by atoms with Crippen LogP contribution in [0.3, 0.4) is 0 Å². The molecule has 0 aliphatic rings. The van der Waals surface area contributed by atoms with Gasteiger partial charge in [0.15, 0.2) is 0 Å². The van der Waals surface area contributed by atoms with Gasteiger partial charge in [-0.1, -0.05) is 13.8 Å². The summed E-state index contributed by atoms with van der Waals surface area (Å²) in [6.45, 7) is 9.78. The maximum absolute atomic E-state index is 5.29. The summed E-state index contributed by atoms with van der Waals surface area (Å²) >= 11 is 0. The van der Waals surface area contributed by atoms with Crippen LogP contribution in [-0.4, -0.2) is 19.7 Å². The van der Waals surface area contributed by atoms with Crippen molar-refractivity contribution < 1.29 is 4.74 Å². The molecule has 0 aromatic heterocycles. The number of aryl methyl sites for hydroxylation is 2. The van der Waals surface area contributed by atoms with E-state index in [2.05, 4.69) is 45.1 Å². The highest BCUT2D eigenvalue weighted by Gasteiger charge is 2.11. The molecule has 0 aliphatic carbocycles. The lowest BCUT2D eigenvalue weighted by atomic mass is 9.95. The van der Waals surface area contributed by atoms with Crippen molar-refractivity contribution in [1.29, 1.82) is 0 Å². The number of benzene rings is 1. The summed E-state index contributed by atoms with van der Waals surface area (Å²) < 4.78 is 5.29. The maximum Gasteiger partial charge on any atom is 0.119 e. The molecule has 96 valence electrons. The van der Waals surface area contributed by atoms with E-state index in [1.165, 1.54) is 23.1 Å². The molecule has 0 amide bonds. The van der Waals surface area contributed by atoms with Gasteiger partial charge in [0.05, 0.1) is 7.11 Å². The molecule has 1 rings (SSSR count). The zero-order valence-corrected chi connectivity index (χ0v) is 11.8. The monoisotopic (exact) mass is 235 g/mol. The molecule has 0 fully saturated rings. The lowest BCUT2D eigenvalue weighted by Gasteiger charge is -2.19. The first-order chi connectivity index (χ1) is 8.12. The minimum Gasteiger partial charge on any atom is -0.497 e. The second-order valence-electron chi connectivity index (χ2n) is 4.61. The fourth-order valence-electron chi connectivity index (χ4n) is 2.29. The van der Waals surface area contributed by atoms with E-state index in [0.29, 0.717) is 6.04 Å². The third-order valence-corrected chi connectivity index (χ3v) is 3.34. The molecule has 1 aromatic rings. The van der Waals surface area contributed by atoms with Gasteiger partial charge in [0.1, 0.15) is 5.75 Å². The fraction of sp³-hybridized carbons (Fsp3) is 0.600. The molecule has 0 bridgehead atoms. The van der Waals surface area contributed by atoms with Gasteiger partial charge in [-0.2, -0.15) is 0 Å². The molecular formula is C15H25NO. The van der Waals surface area contributed by atoms with Gasteiger partial charge >= 0.3 is 0 Å². The molecule has 0 radical (unpaired) electrons.